The van der Waals surface area contributed by atoms with Crippen LogP contribution in [0.5, 0.6) is 5.75 Å². The number of rotatable bonds is 11. The third kappa shape index (κ3) is 7.99. The predicted molar refractivity (Wildman–Crippen MR) is 138 cm³/mol. The van der Waals surface area contributed by atoms with Crippen LogP contribution in [0.4, 0.5) is 0 Å². The van der Waals surface area contributed by atoms with Gasteiger partial charge in [0.2, 0.25) is 5.91 Å². The van der Waals surface area contributed by atoms with Gasteiger partial charge in [-0.3, -0.25) is 14.5 Å². The standard InChI is InChI=1S/C28H32N4O6/c1-20-7-5-6-10-25(20)37-26(33)18-29-27(34)23(12-11-21-8-3-2-4-9-21)30-28(35)24-17-22(38-31-24)19-32-13-15-36-16-14-32/h2-10,17,23H,11-16,18-19H2,1H3,(H,29,34)(H,30,35)/t23-/m0/s1. The Balaban J connectivity index is 1.36. The van der Waals surface area contributed by atoms with Crippen LogP contribution in [0.2, 0.25) is 0 Å². The van der Waals surface area contributed by atoms with Crippen LogP contribution >= 0.6 is 0 Å². The van der Waals surface area contributed by atoms with E-state index in [0.29, 0.717) is 44.1 Å². The number of nitrogens with one attached hydrogen (secondary N) is 2. The van der Waals surface area contributed by atoms with Crippen LogP contribution in [0, 0.1) is 6.92 Å². The highest BCUT2D eigenvalue weighted by molar-refractivity contribution is 5.96. The fourth-order valence-corrected chi connectivity index (χ4v) is 4.04. The molecule has 0 spiro atoms. The van der Waals surface area contributed by atoms with E-state index in [1.807, 2.05) is 49.4 Å². The van der Waals surface area contributed by atoms with Crippen LogP contribution in [0.3, 0.4) is 0 Å². The lowest BCUT2D eigenvalue weighted by Crippen LogP contribution is -2.48. The second-order valence-corrected chi connectivity index (χ2v) is 9.07. The summed E-state index contributed by atoms with van der Waals surface area (Å²) in [7, 11) is 0. The fraction of sp³-hybridized carbons (Fsp3) is 0.357. The quantitative estimate of drug-likeness (QED) is 0.292. The number of aromatic nitrogens is 1. The van der Waals surface area contributed by atoms with Crippen LogP contribution in [0.15, 0.2) is 65.2 Å². The highest BCUT2D eigenvalue weighted by atomic mass is 16.5. The Morgan fingerprint density at radius 2 is 1.79 bits per heavy atom. The molecule has 2 N–H and O–H groups in total. The van der Waals surface area contributed by atoms with Gasteiger partial charge in [0.25, 0.3) is 5.91 Å². The number of morpholine rings is 1. The molecule has 1 aliphatic heterocycles. The smallest absolute Gasteiger partial charge is 0.330 e. The first-order valence-electron chi connectivity index (χ1n) is 12.6. The lowest BCUT2D eigenvalue weighted by molar-refractivity contribution is -0.136. The van der Waals surface area contributed by atoms with Crippen LogP contribution < -0.4 is 15.4 Å². The van der Waals surface area contributed by atoms with Gasteiger partial charge in [-0.15, -0.1) is 0 Å². The van der Waals surface area contributed by atoms with E-state index in [9.17, 15) is 14.4 Å². The zero-order valence-electron chi connectivity index (χ0n) is 21.4. The summed E-state index contributed by atoms with van der Waals surface area (Å²) in [5.41, 5.74) is 1.92. The molecule has 1 atom stereocenters. The number of hydrogen-bond donors (Lipinski definition) is 2. The van der Waals surface area contributed by atoms with E-state index in [0.717, 1.165) is 24.2 Å². The lowest BCUT2D eigenvalue weighted by Gasteiger charge is -2.25. The number of benzene rings is 2. The van der Waals surface area contributed by atoms with Gasteiger partial charge in [0, 0.05) is 19.2 Å². The number of nitrogens with zero attached hydrogens (tertiary/aromatic N) is 2. The number of ether oxygens (including phenoxy) is 2. The molecule has 1 aliphatic rings. The lowest BCUT2D eigenvalue weighted by atomic mass is 10.0. The van der Waals surface area contributed by atoms with Gasteiger partial charge in [-0.25, -0.2) is 4.79 Å². The highest BCUT2D eigenvalue weighted by Crippen LogP contribution is 2.16. The zero-order valence-corrected chi connectivity index (χ0v) is 21.4. The minimum absolute atomic E-state index is 0.0877. The van der Waals surface area contributed by atoms with E-state index < -0.39 is 23.8 Å². The van der Waals surface area contributed by atoms with Crippen molar-refractivity contribution in [2.45, 2.75) is 32.4 Å². The van der Waals surface area contributed by atoms with Gasteiger partial charge in [-0.2, -0.15) is 0 Å². The molecule has 1 fully saturated rings. The van der Waals surface area contributed by atoms with Crippen LogP contribution in [-0.2, 0) is 27.3 Å². The number of esters is 1. The SMILES string of the molecule is Cc1ccccc1OC(=O)CNC(=O)[C@H](CCc1ccccc1)NC(=O)c1cc(CN2CCOCC2)on1. The van der Waals surface area contributed by atoms with Crippen molar-refractivity contribution in [2.24, 2.45) is 0 Å². The number of carbonyl (C=O) groups is 3. The van der Waals surface area contributed by atoms with Crippen molar-refractivity contribution < 1.29 is 28.4 Å². The summed E-state index contributed by atoms with van der Waals surface area (Å²) in [5.74, 6) is -0.642. The van der Waals surface area contributed by atoms with Gasteiger partial charge in [0.1, 0.15) is 18.3 Å². The van der Waals surface area contributed by atoms with Crippen LogP contribution in [0.1, 0.15) is 33.8 Å². The molecule has 10 nitrogen and oxygen atoms in total. The van der Waals surface area contributed by atoms with Gasteiger partial charge in [0.05, 0.1) is 19.8 Å². The van der Waals surface area contributed by atoms with E-state index in [-0.39, 0.29) is 12.2 Å². The Kier molecular flexibility index (Phi) is 9.60. The number of amides is 2. The third-order valence-electron chi connectivity index (χ3n) is 6.19. The van der Waals surface area contributed by atoms with Crippen molar-refractivity contribution in [3.05, 3.63) is 83.2 Å². The van der Waals surface area contributed by atoms with Crippen LogP contribution in [-0.4, -0.2) is 66.7 Å². The number of aryl methyl sites for hydroxylation is 2. The Morgan fingerprint density at radius 3 is 2.55 bits per heavy atom. The fourth-order valence-electron chi connectivity index (χ4n) is 4.04. The molecule has 2 amide bonds. The van der Waals surface area contributed by atoms with E-state index in [2.05, 4.69) is 20.7 Å². The Bertz CT molecular complexity index is 1220. The Morgan fingerprint density at radius 1 is 1.05 bits per heavy atom. The average Bonchev–Trinajstić information content (AvgIpc) is 3.40. The van der Waals surface area contributed by atoms with Crippen molar-refractivity contribution in [3.63, 3.8) is 0 Å². The molecule has 0 aliphatic carbocycles. The van der Waals surface area contributed by atoms with Gasteiger partial charge >= 0.3 is 5.97 Å². The molecule has 0 bridgehead atoms. The third-order valence-corrected chi connectivity index (χ3v) is 6.19. The molecule has 10 heteroatoms. The first-order valence-corrected chi connectivity index (χ1v) is 12.6. The molecule has 200 valence electrons. The van der Waals surface area contributed by atoms with Crippen molar-refractivity contribution >= 4 is 17.8 Å². The highest BCUT2D eigenvalue weighted by Gasteiger charge is 2.24. The van der Waals surface area contributed by atoms with Gasteiger partial charge in [0.15, 0.2) is 11.5 Å². The molecule has 4 rings (SSSR count). The van der Waals surface area contributed by atoms with Crippen LogP contribution in [0.25, 0.3) is 0 Å². The second kappa shape index (κ2) is 13.5. The number of hydrogen-bond acceptors (Lipinski definition) is 8. The maximum absolute atomic E-state index is 13.0. The molecule has 2 heterocycles. The minimum atomic E-state index is -0.895. The Labute approximate surface area is 221 Å². The molecule has 1 saturated heterocycles. The second-order valence-electron chi connectivity index (χ2n) is 9.07. The first-order chi connectivity index (χ1) is 18.5. The monoisotopic (exact) mass is 520 g/mol. The summed E-state index contributed by atoms with van der Waals surface area (Å²) in [6.45, 7) is 4.86. The Hall–Kier alpha value is -4.02. The maximum Gasteiger partial charge on any atom is 0.330 e. The summed E-state index contributed by atoms with van der Waals surface area (Å²) in [6.07, 6.45) is 0.876. The molecule has 1 aromatic heterocycles. The summed E-state index contributed by atoms with van der Waals surface area (Å²) in [5, 5.41) is 9.22. The first kappa shape index (κ1) is 27.0. The molecule has 3 aromatic rings. The largest absolute Gasteiger partial charge is 0.425 e. The summed E-state index contributed by atoms with van der Waals surface area (Å²) < 4.78 is 16.0. The molecule has 0 radical (unpaired) electrons. The van der Waals surface area contributed by atoms with Gasteiger partial charge in [-0.1, -0.05) is 53.7 Å². The number of para-hydroxylation sites is 1. The van der Waals surface area contributed by atoms with E-state index in [1.165, 1.54) is 0 Å². The minimum Gasteiger partial charge on any atom is -0.425 e. The topological polar surface area (TPSA) is 123 Å². The molecular weight excluding hydrogens is 488 g/mol. The molecule has 0 saturated carbocycles. The molecular formula is C28H32N4O6. The summed E-state index contributed by atoms with van der Waals surface area (Å²) in [6, 6.07) is 17.4. The van der Waals surface area contributed by atoms with E-state index >= 15 is 0 Å². The van der Waals surface area contributed by atoms with Crippen molar-refractivity contribution in [1.29, 1.82) is 0 Å². The zero-order chi connectivity index (χ0) is 26.7. The molecule has 38 heavy (non-hydrogen) atoms. The predicted octanol–water partition coefficient (Wildman–Crippen LogP) is 2.27. The maximum atomic E-state index is 13.0. The summed E-state index contributed by atoms with van der Waals surface area (Å²) in [4.78, 5) is 40.5. The normalized spacial score (nSPS) is 14.4. The van der Waals surface area contributed by atoms with E-state index in [1.54, 1.807) is 18.2 Å². The van der Waals surface area contributed by atoms with Crippen molar-refractivity contribution in [1.82, 2.24) is 20.7 Å². The summed E-state index contributed by atoms with van der Waals surface area (Å²) >= 11 is 0. The van der Waals surface area contributed by atoms with Gasteiger partial charge in [-0.05, 0) is 37.0 Å². The van der Waals surface area contributed by atoms with Crippen molar-refractivity contribution in [3.8, 4) is 5.75 Å². The average molecular weight is 521 g/mol. The van der Waals surface area contributed by atoms with Crippen molar-refractivity contribution in [2.75, 3.05) is 32.8 Å². The van der Waals surface area contributed by atoms with E-state index in [4.69, 9.17) is 14.0 Å². The van der Waals surface area contributed by atoms with Gasteiger partial charge < -0.3 is 24.6 Å². The number of carbonyl (C=O) groups excluding carboxylic acids is 3. The molecule has 2 aromatic carbocycles. The molecule has 0 unspecified atom stereocenters.